The predicted octanol–water partition coefficient (Wildman–Crippen LogP) is 2.49. The van der Waals surface area contributed by atoms with Gasteiger partial charge in [-0.3, -0.25) is 4.79 Å². The number of hydrogen-bond acceptors (Lipinski definition) is 4. The van der Waals surface area contributed by atoms with Gasteiger partial charge in [0.2, 0.25) is 15.9 Å². The van der Waals surface area contributed by atoms with Crippen LogP contribution >= 0.6 is 0 Å². The molecule has 0 unspecified atom stereocenters. The lowest BCUT2D eigenvalue weighted by atomic mass is 10.2. The zero-order chi connectivity index (χ0) is 18.3. The van der Waals surface area contributed by atoms with Crippen molar-refractivity contribution in [2.45, 2.75) is 13.0 Å². The van der Waals surface area contributed by atoms with Crippen LogP contribution in [-0.4, -0.2) is 38.5 Å². The standard InChI is InChI=1S/C18H22N2O4S/c1-20(14-15-7-4-3-5-8-15)25(22,23)12-11-18(21)19-16-9-6-10-17(13-16)24-2/h3-10,13H,11-12,14H2,1-2H3,(H,19,21). The van der Waals surface area contributed by atoms with Crippen molar-refractivity contribution in [2.75, 3.05) is 25.2 Å². The van der Waals surface area contributed by atoms with E-state index >= 15 is 0 Å². The maximum atomic E-state index is 12.3. The van der Waals surface area contributed by atoms with Gasteiger partial charge in [-0.1, -0.05) is 36.4 Å². The topological polar surface area (TPSA) is 75.7 Å². The van der Waals surface area contributed by atoms with Crippen molar-refractivity contribution in [3.05, 3.63) is 60.2 Å². The Morgan fingerprint density at radius 2 is 1.84 bits per heavy atom. The van der Waals surface area contributed by atoms with E-state index in [-0.39, 0.29) is 24.6 Å². The number of benzene rings is 2. The summed E-state index contributed by atoms with van der Waals surface area (Å²) in [5.41, 5.74) is 1.47. The van der Waals surface area contributed by atoms with Crippen LogP contribution in [0, 0.1) is 0 Å². The van der Waals surface area contributed by atoms with E-state index in [1.807, 2.05) is 30.3 Å². The molecule has 134 valence electrons. The van der Waals surface area contributed by atoms with E-state index in [2.05, 4.69) is 5.32 Å². The van der Waals surface area contributed by atoms with Gasteiger partial charge in [0.05, 0.1) is 12.9 Å². The van der Waals surface area contributed by atoms with Gasteiger partial charge in [-0.2, -0.15) is 0 Å². The number of nitrogens with one attached hydrogen (secondary N) is 1. The molecule has 2 aromatic rings. The molecule has 0 bridgehead atoms. The third-order valence-corrected chi connectivity index (χ3v) is 5.46. The normalized spacial score (nSPS) is 11.3. The number of anilines is 1. The lowest BCUT2D eigenvalue weighted by Crippen LogP contribution is -2.30. The fourth-order valence-corrected chi connectivity index (χ4v) is 3.34. The predicted molar refractivity (Wildman–Crippen MR) is 97.9 cm³/mol. The summed E-state index contributed by atoms with van der Waals surface area (Å²) in [4.78, 5) is 12.0. The molecule has 6 nitrogen and oxygen atoms in total. The molecule has 0 atom stereocenters. The van der Waals surface area contributed by atoms with Crippen molar-refractivity contribution in [3.63, 3.8) is 0 Å². The molecule has 0 radical (unpaired) electrons. The van der Waals surface area contributed by atoms with Gasteiger partial charge in [-0.25, -0.2) is 12.7 Å². The number of ether oxygens (including phenoxy) is 1. The number of nitrogens with zero attached hydrogens (tertiary/aromatic N) is 1. The maximum absolute atomic E-state index is 12.3. The van der Waals surface area contributed by atoms with E-state index in [9.17, 15) is 13.2 Å². The number of methoxy groups -OCH3 is 1. The van der Waals surface area contributed by atoms with E-state index in [4.69, 9.17) is 4.74 Å². The van der Waals surface area contributed by atoms with Crippen molar-refractivity contribution in [1.82, 2.24) is 4.31 Å². The number of rotatable bonds is 8. The number of amides is 1. The van der Waals surface area contributed by atoms with Crippen molar-refractivity contribution in [1.29, 1.82) is 0 Å². The third kappa shape index (κ3) is 5.88. The quantitative estimate of drug-likeness (QED) is 0.783. The maximum Gasteiger partial charge on any atom is 0.225 e. The van der Waals surface area contributed by atoms with Gasteiger partial charge < -0.3 is 10.1 Å². The van der Waals surface area contributed by atoms with Gasteiger partial charge in [-0.15, -0.1) is 0 Å². The molecular weight excluding hydrogens is 340 g/mol. The van der Waals surface area contributed by atoms with E-state index in [1.165, 1.54) is 18.5 Å². The zero-order valence-electron chi connectivity index (χ0n) is 14.3. The highest BCUT2D eigenvalue weighted by atomic mass is 32.2. The fraction of sp³-hybridized carbons (Fsp3) is 0.278. The molecule has 0 fully saturated rings. The van der Waals surface area contributed by atoms with Gasteiger partial charge in [-0.05, 0) is 17.7 Å². The highest BCUT2D eigenvalue weighted by molar-refractivity contribution is 7.89. The summed E-state index contributed by atoms with van der Waals surface area (Å²) in [5, 5.41) is 2.68. The van der Waals surface area contributed by atoms with Crippen LogP contribution in [0.2, 0.25) is 0 Å². The summed E-state index contributed by atoms with van der Waals surface area (Å²) in [6, 6.07) is 16.2. The van der Waals surface area contributed by atoms with Gasteiger partial charge >= 0.3 is 0 Å². The van der Waals surface area contributed by atoms with Crippen LogP contribution in [0.4, 0.5) is 5.69 Å². The molecule has 2 rings (SSSR count). The van der Waals surface area contributed by atoms with Gasteiger partial charge in [0.1, 0.15) is 5.75 Å². The molecule has 7 heteroatoms. The zero-order valence-corrected chi connectivity index (χ0v) is 15.1. The Morgan fingerprint density at radius 3 is 2.52 bits per heavy atom. The van der Waals surface area contributed by atoms with Crippen molar-refractivity contribution in [3.8, 4) is 5.75 Å². The molecule has 1 N–H and O–H groups in total. The second-order valence-corrected chi connectivity index (χ2v) is 7.78. The lowest BCUT2D eigenvalue weighted by Gasteiger charge is -2.17. The van der Waals surface area contributed by atoms with Gasteiger partial charge in [0.15, 0.2) is 0 Å². The minimum atomic E-state index is -3.51. The minimum Gasteiger partial charge on any atom is -0.497 e. The second kappa shape index (κ2) is 8.64. The van der Waals surface area contributed by atoms with Gasteiger partial charge in [0.25, 0.3) is 0 Å². The van der Waals surface area contributed by atoms with Crippen LogP contribution in [0.3, 0.4) is 0 Å². The van der Waals surface area contributed by atoms with Crippen LogP contribution < -0.4 is 10.1 Å². The summed E-state index contributed by atoms with van der Waals surface area (Å²) < 4.78 is 31.0. The first-order chi connectivity index (χ1) is 11.9. The Morgan fingerprint density at radius 1 is 1.12 bits per heavy atom. The van der Waals surface area contributed by atoms with Crippen LogP contribution in [0.1, 0.15) is 12.0 Å². The summed E-state index contributed by atoms with van der Waals surface area (Å²) in [6.45, 7) is 0.278. The van der Waals surface area contributed by atoms with Gasteiger partial charge in [0, 0.05) is 31.8 Å². The van der Waals surface area contributed by atoms with E-state index < -0.39 is 10.0 Å². The molecule has 0 spiro atoms. The first-order valence-corrected chi connectivity index (χ1v) is 9.43. The SMILES string of the molecule is COc1cccc(NC(=O)CCS(=O)(=O)N(C)Cc2ccccc2)c1. The monoisotopic (exact) mass is 362 g/mol. The molecule has 0 saturated heterocycles. The molecule has 0 heterocycles. The highest BCUT2D eigenvalue weighted by Crippen LogP contribution is 2.17. The van der Waals surface area contributed by atoms with Crippen molar-refractivity contribution < 1.29 is 17.9 Å². The smallest absolute Gasteiger partial charge is 0.225 e. The highest BCUT2D eigenvalue weighted by Gasteiger charge is 2.19. The summed E-state index contributed by atoms with van der Waals surface area (Å²) in [5.74, 6) is 0.0181. The van der Waals surface area contributed by atoms with Crippen LogP contribution in [0.15, 0.2) is 54.6 Å². The molecule has 2 aromatic carbocycles. The first-order valence-electron chi connectivity index (χ1n) is 7.82. The first kappa shape index (κ1) is 19.0. The largest absolute Gasteiger partial charge is 0.497 e. The fourth-order valence-electron chi connectivity index (χ4n) is 2.24. The Balaban J connectivity index is 1.88. The second-order valence-electron chi connectivity index (χ2n) is 5.59. The minimum absolute atomic E-state index is 0.112. The Labute approximate surface area is 148 Å². The molecular formula is C18H22N2O4S. The Hall–Kier alpha value is -2.38. The molecule has 1 amide bonds. The van der Waals surface area contributed by atoms with E-state index in [1.54, 1.807) is 24.3 Å². The number of hydrogen-bond donors (Lipinski definition) is 1. The molecule has 0 aliphatic heterocycles. The summed E-state index contributed by atoms with van der Waals surface area (Å²) >= 11 is 0. The molecule has 0 aliphatic carbocycles. The number of sulfonamides is 1. The number of carbonyl (C=O) groups is 1. The lowest BCUT2D eigenvalue weighted by molar-refractivity contribution is -0.115. The van der Waals surface area contributed by atoms with Crippen molar-refractivity contribution in [2.24, 2.45) is 0 Å². The van der Waals surface area contributed by atoms with Crippen LogP contribution in [-0.2, 0) is 21.4 Å². The Kier molecular flexibility index (Phi) is 6.55. The molecule has 0 aliphatic rings. The molecule has 0 saturated carbocycles. The molecule has 25 heavy (non-hydrogen) atoms. The van der Waals surface area contributed by atoms with Crippen LogP contribution in [0.25, 0.3) is 0 Å². The van der Waals surface area contributed by atoms with E-state index in [0.717, 1.165) is 5.56 Å². The summed E-state index contributed by atoms with van der Waals surface area (Å²) in [6.07, 6.45) is -0.112. The molecule has 0 aromatic heterocycles. The average molecular weight is 362 g/mol. The third-order valence-electron chi connectivity index (χ3n) is 3.66. The van der Waals surface area contributed by atoms with Crippen LogP contribution in [0.5, 0.6) is 5.75 Å². The Bertz CT molecular complexity index is 807. The number of carbonyl (C=O) groups excluding carboxylic acids is 1. The average Bonchev–Trinajstić information content (AvgIpc) is 2.61. The van der Waals surface area contributed by atoms with E-state index in [0.29, 0.717) is 11.4 Å². The summed E-state index contributed by atoms with van der Waals surface area (Å²) in [7, 11) is -0.457. The van der Waals surface area contributed by atoms with Crippen molar-refractivity contribution >= 4 is 21.6 Å².